The van der Waals surface area contributed by atoms with Crippen LogP contribution < -0.4 is 5.32 Å². The average Bonchev–Trinajstić information content (AvgIpc) is 2.45. The van der Waals surface area contributed by atoms with Crippen molar-refractivity contribution in [1.82, 2.24) is 5.32 Å². The number of allylic oxidation sites excluding steroid dienone is 1. The molecule has 1 rings (SSSR count). The monoisotopic (exact) mass is 213 g/mol. The van der Waals surface area contributed by atoms with E-state index >= 15 is 0 Å². The standard InChI is InChI=1S/C10H15NO2S/c1-4-10(3,5-2)6-7-8(12)11-9(13)14-7/h6H,4-5H2,1-3H3,(H,11,12,13)/b7-6+. The molecule has 0 spiro atoms. The summed E-state index contributed by atoms with van der Waals surface area (Å²) in [5.41, 5.74) is 0.0181. The Hall–Kier alpha value is -0.770. The van der Waals surface area contributed by atoms with Gasteiger partial charge in [-0.1, -0.05) is 26.8 Å². The van der Waals surface area contributed by atoms with Crippen molar-refractivity contribution < 1.29 is 9.59 Å². The van der Waals surface area contributed by atoms with Gasteiger partial charge in [0, 0.05) is 0 Å². The lowest BCUT2D eigenvalue weighted by atomic mass is 9.84. The zero-order valence-corrected chi connectivity index (χ0v) is 9.53. The van der Waals surface area contributed by atoms with Gasteiger partial charge in [0.15, 0.2) is 0 Å². The van der Waals surface area contributed by atoms with E-state index in [4.69, 9.17) is 0 Å². The summed E-state index contributed by atoms with van der Waals surface area (Å²) in [7, 11) is 0. The molecule has 0 bridgehead atoms. The molecule has 3 nitrogen and oxygen atoms in total. The normalized spacial score (nSPS) is 20.4. The second-order valence-electron chi connectivity index (χ2n) is 3.71. The third kappa shape index (κ3) is 2.38. The van der Waals surface area contributed by atoms with Gasteiger partial charge >= 0.3 is 0 Å². The molecule has 0 saturated carbocycles. The average molecular weight is 213 g/mol. The molecule has 0 radical (unpaired) electrons. The van der Waals surface area contributed by atoms with Gasteiger partial charge < -0.3 is 0 Å². The molecule has 0 aromatic heterocycles. The number of imide groups is 1. The minimum Gasteiger partial charge on any atom is -0.282 e. The van der Waals surface area contributed by atoms with Gasteiger partial charge in [-0.25, -0.2) is 0 Å². The summed E-state index contributed by atoms with van der Waals surface area (Å²) in [5, 5.41) is 1.99. The van der Waals surface area contributed by atoms with Crippen molar-refractivity contribution in [2.24, 2.45) is 5.41 Å². The number of rotatable bonds is 3. The highest BCUT2D eigenvalue weighted by atomic mass is 32.2. The topological polar surface area (TPSA) is 46.2 Å². The Bertz CT molecular complexity index is 292. The fraction of sp³-hybridized carbons (Fsp3) is 0.600. The van der Waals surface area contributed by atoms with Crippen LogP contribution in [0.5, 0.6) is 0 Å². The molecular weight excluding hydrogens is 198 g/mol. The summed E-state index contributed by atoms with van der Waals surface area (Å²) in [6, 6.07) is 0. The minimum atomic E-state index is -0.268. The summed E-state index contributed by atoms with van der Waals surface area (Å²) < 4.78 is 0. The van der Waals surface area contributed by atoms with Gasteiger partial charge in [0.1, 0.15) is 0 Å². The predicted molar refractivity (Wildman–Crippen MR) is 57.9 cm³/mol. The Labute approximate surface area is 88.3 Å². The number of hydrogen-bond donors (Lipinski definition) is 1. The Morgan fingerprint density at radius 1 is 1.36 bits per heavy atom. The van der Waals surface area contributed by atoms with E-state index in [1.54, 1.807) is 0 Å². The first-order valence-electron chi connectivity index (χ1n) is 4.77. The molecule has 0 aromatic carbocycles. The lowest BCUT2D eigenvalue weighted by Gasteiger charge is -2.22. The van der Waals surface area contributed by atoms with E-state index in [1.807, 2.05) is 6.08 Å². The SMILES string of the molecule is CCC(C)(/C=C1/SC(=O)NC1=O)CC. The summed E-state index contributed by atoms with van der Waals surface area (Å²) in [5.74, 6) is -0.256. The molecule has 0 aromatic rings. The quantitative estimate of drug-likeness (QED) is 0.733. The van der Waals surface area contributed by atoms with E-state index in [9.17, 15) is 9.59 Å². The van der Waals surface area contributed by atoms with E-state index in [2.05, 4.69) is 26.1 Å². The van der Waals surface area contributed by atoms with Crippen molar-refractivity contribution in [2.75, 3.05) is 0 Å². The van der Waals surface area contributed by atoms with Crippen molar-refractivity contribution in [3.05, 3.63) is 11.0 Å². The first-order valence-corrected chi connectivity index (χ1v) is 5.58. The molecule has 0 unspecified atom stereocenters. The van der Waals surface area contributed by atoms with E-state index in [1.165, 1.54) is 0 Å². The first-order chi connectivity index (χ1) is 6.50. The van der Waals surface area contributed by atoms with Crippen LogP contribution in [0.4, 0.5) is 4.79 Å². The maximum Gasteiger partial charge on any atom is 0.290 e. The van der Waals surface area contributed by atoms with Crippen LogP contribution >= 0.6 is 11.8 Å². The van der Waals surface area contributed by atoms with Crippen LogP contribution in [0.3, 0.4) is 0 Å². The molecule has 0 atom stereocenters. The maximum absolute atomic E-state index is 11.3. The zero-order chi connectivity index (χ0) is 10.8. The van der Waals surface area contributed by atoms with Crippen LogP contribution in [0.2, 0.25) is 0 Å². The molecule has 1 N–H and O–H groups in total. The van der Waals surface area contributed by atoms with Gasteiger partial charge in [-0.2, -0.15) is 0 Å². The minimum absolute atomic E-state index is 0.0181. The van der Waals surface area contributed by atoms with Gasteiger partial charge in [-0.05, 0) is 30.0 Å². The molecule has 1 aliphatic rings. The molecule has 2 amide bonds. The maximum atomic E-state index is 11.3. The fourth-order valence-electron chi connectivity index (χ4n) is 1.19. The highest BCUT2D eigenvalue weighted by Gasteiger charge is 2.28. The number of amides is 2. The molecule has 78 valence electrons. The largest absolute Gasteiger partial charge is 0.290 e. The van der Waals surface area contributed by atoms with E-state index in [0.717, 1.165) is 24.6 Å². The molecule has 0 aliphatic carbocycles. The zero-order valence-electron chi connectivity index (χ0n) is 8.72. The molecular formula is C10H15NO2S. The van der Waals surface area contributed by atoms with Crippen LogP contribution in [0.15, 0.2) is 11.0 Å². The number of carbonyl (C=O) groups is 2. The molecule has 1 heterocycles. The molecule has 1 aliphatic heterocycles. The third-order valence-corrected chi connectivity index (χ3v) is 3.55. The van der Waals surface area contributed by atoms with Gasteiger partial charge in [0.2, 0.25) is 0 Å². The highest BCUT2D eigenvalue weighted by molar-refractivity contribution is 8.18. The van der Waals surface area contributed by atoms with E-state index < -0.39 is 0 Å². The summed E-state index contributed by atoms with van der Waals surface area (Å²) in [6.45, 7) is 6.26. The van der Waals surface area contributed by atoms with Gasteiger partial charge in [0.25, 0.3) is 11.1 Å². The van der Waals surface area contributed by atoms with Crippen molar-refractivity contribution >= 4 is 22.9 Å². The Morgan fingerprint density at radius 2 is 1.93 bits per heavy atom. The summed E-state index contributed by atoms with van der Waals surface area (Å²) >= 11 is 0.993. The Kier molecular flexibility index (Phi) is 3.37. The van der Waals surface area contributed by atoms with Crippen LogP contribution in [0, 0.1) is 5.41 Å². The predicted octanol–water partition coefficient (Wildman–Crippen LogP) is 2.68. The van der Waals surface area contributed by atoms with Crippen LogP contribution in [0.25, 0.3) is 0 Å². The number of thioether (sulfide) groups is 1. The van der Waals surface area contributed by atoms with Gasteiger partial charge in [-0.3, -0.25) is 14.9 Å². The van der Waals surface area contributed by atoms with E-state index in [0.29, 0.717) is 4.91 Å². The number of carbonyl (C=O) groups excluding carboxylic acids is 2. The first kappa shape index (κ1) is 11.3. The van der Waals surface area contributed by atoms with Crippen molar-refractivity contribution in [2.45, 2.75) is 33.6 Å². The van der Waals surface area contributed by atoms with Crippen LogP contribution in [-0.2, 0) is 4.79 Å². The highest BCUT2D eigenvalue weighted by Crippen LogP contribution is 2.33. The molecule has 4 heteroatoms. The lowest BCUT2D eigenvalue weighted by molar-refractivity contribution is -0.115. The van der Waals surface area contributed by atoms with Crippen LogP contribution in [-0.4, -0.2) is 11.1 Å². The molecule has 1 saturated heterocycles. The third-order valence-electron chi connectivity index (χ3n) is 2.74. The Morgan fingerprint density at radius 3 is 2.29 bits per heavy atom. The molecule has 14 heavy (non-hydrogen) atoms. The van der Waals surface area contributed by atoms with Gasteiger partial charge in [0.05, 0.1) is 4.91 Å². The van der Waals surface area contributed by atoms with Crippen molar-refractivity contribution in [3.63, 3.8) is 0 Å². The number of nitrogens with one attached hydrogen (secondary N) is 1. The molecule has 1 fully saturated rings. The Balaban J connectivity index is 2.87. The van der Waals surface area contributed by atoms with Crippen molar-refractivity contribution in [1.29, 1.82) is 0 Å². The second-order valence-corrected chi connectivity index (χ2v) is 4.73. The second kappa shape index (κ2) is 4.17. The van der Waals surface area contributed by atoms with E-state index in [-0.39, 0.29) is 16.6 Å². The summed E-state index contributed by atoms with van der Waals surface area (Å²) in [4.78, 5) is 22.7. The van der Waals surface area contributed by atoms with Crippen LogP contribution in [0.1, 0.15) is 33.6 Å². The smallest absolute Gasteiger partial charge is 0.282 e. The van der Waals surface area contributed by atoms with Crippen molar-refractivity contribution in [3.8, 4) is 0 Å². The lowest BCUT2D eigenvalue weighted by Crippen LogP contribution is -2.19. The fourth-order valence-corrected chi connectivity index (χ4v) is 2.02. The number of hydrogen-bond acceptors (Lipinski definition) is 3. The summed E-state index contributed by atoms with van der Waals surface area (Å²) in [6.07, 6.45) is 3.85. The van der Waals surface area contributed by atoms with Gasteiger partial charge in [-0.15, -0.1) is 0 Å².